The minimum Gasteiger partial charge on any atom is -0.497 e. The summed E-state index contributed by atoms with van der Waals surface area (Å²) in [4.78, 5) is 27.4. The maximum Gasteiger partial charge on any atom is 0.257 e. The Hall–Kier alpha value is -3.41. The molecule has 0 bridgehead atoms. The van der Waals surface area contributed by atoms with Crippen LogP contribution in [0.25, 0.3) is 0 Å². The fraction of sp³-hybridized carbons (Fsp3) is 0.292. The van der Waals surface area contributed by atoms with Crippen LogP contribution in [0.1, 0.15) is 39.1 Å². The van der Waals surface area contributed by atoms with E-state index in [4.69, 9.17) is 4.74 Å². The van der Waals surface area contributed by atoms with Gasteiger partial charge < -0.3 is 9.64 Å². The fourth-order valence-electron chi connectivity index (χ4n) is 3.85. The van der Waals surface area contributed by atoms with Crippen LogP contribution in [0.4, 0.5) is 0 Å². The lowest BCUT2D eigenvalue weighted by atomic mass is 9.88. The van der Waals surface area contributed by atoms with E-state index in [1.165, 1.54) is 0 Å². The molecule has 0 saturated carbocycles. The third-order valence-corrected chi connectivity index (χ3v) is 5.60. The Morgan fingerprint density at radius 2 is 1.70 bits per heavy atom. The average Bonchev–Trinajstić information content (AvgIpc) is 3.27. The van der Waals surface area contributed by atoms with Crippen molar-refractivity contribution in [3.63, 3.8) is 0 Å². The van der Waals surface area contributed by atoms with Crippen molar-refractivity contribution in [2.45, 2.75) is 19.4 Å². The monoisotopic (exact) mass is 403 g/mol. The molecule has 1 fully saturated rings. The lowest BCUT2D eigenvalue weighted by molar-refractivity contribution is 0.0650. The van der Waals surface area contributed by atoms with Gasteiger partial charge in [-0.15, -0.1) is 0 Å². The van der Waals surface area contributed by atoms with Gasteiger partial charge in [0, 0.05) is 30.8 Å². The van der Waals surface area contributed by atoms with Gasteiger partial charge in [-0.3, -0.25) is 14.3 Å². The Labute approximate surface area is 176 Å². The number of carbonyl (C=O) groups excluding carboxylic acids is 2. The average molecular weight is 403 g/mol. The molecule has 0 radical (unpaired) electrons. The topological polar surface area (TPSA) is 64.4 Å². The number of carbonyl (C=O) groups is 2. The molecule has 6 nitrogen and oxygen atoms in total. The van der Waals surface area contributed by atoms with Gasteiger partial charge in [-0.1, -0.05) is 30.3 Å². The number of hydrogen-bond donors (Lipinski definition) is 0. The van der Waals surface area contributed by atoms with Gasteiger partial charge in [0.1, 0.15) is 5.75 Å². The third-order valence-electron chi connectivity index (χ3n) is 5.60. The Morgan fingerprint density at radius 1 is 1.00 bits per heavy atom. The van der Waals surface area contributed by atoms with E-state index in [0.29, 0.717) is 43.6 Å². The van der Waals surface area contributed by atoms with Crippen LogP contribution >= 0.6 is 0 Å². The van der Waals surface area contributed by atoms with E-state index >= 15 is 0 Å². The van der Waals surface area contributed by atoms with Crippen molar-refractivity contribution in [2.75, 3.05) is 20.2 Å². The maximum atomic E-state index is 12.9. The Bertz CT molecular complexity index is 1000. The number of ketones is 1. The van der Waals surface area contributed by atoms with Gasteiger partial charge in [-0.25, -0.2) is 0 Å². The fourth-order valence-corrected chi connectivity index (χ4v) is 3.85. The SMILES string of the molecule is COc1ccc(C(=O)C2CCN(C(=O)c3cnn(Cc4ccccc4)c3)CC2)cc1. The summed E-state index contributed by atoms with van der Waals surface area (Å²) in [6.45, 7) is 1.79. The van der Waals surface area contributed by atoms with Gasteiger partial charge >= 0.3 is 0 Å². The first kappa shape index (κ1) is 19.9. The van der Waals surface area contributed by atoms with Crippen LogP contribution in [0.15, 0.2) is 67.0 Å². The summed E-state index contributed by atoms with van der Waals surface area (Å²) in [6, 6.07) is 17.2. The van der Waals surface area contributed by atoms with E-state index in [1.54, 1.807) is 48.5 Å². The molecule has 6 heteroatoms. The van der Waals surface area contributed by atoms with Gasteiger partial charge in [0.05, 0.1) is 25.4 Å². The van der Waals surface area contributed by atoms with Gasteiger partial charge in [-0.2, -0.15) is 5.10 Å². The normalized spacial score (nSPS) is 14.5. The van der Waals surface area contributed by atoms with Crippen LogP contribution < -0.4 is 4.74 Å². The summed E-state index contributed by atoms with van der Waals surface area (Å²) in [5, 5.41) is 4.33. The van der Waals surface area contributed by atoms with Gasteiger partial charge in [0.25, 0.3) is 5.91 Å². The summed E-state index contributed by atoms with van der Waals surface area (Å²) in [6.07, 6.45) is 4.77. The second-order valence-electron chi connectivity index (χ2n) is 7.57. The van der Waals surface area contributed by atoms with E-state index in [9.17, 15) is 9.59 Å². The van der Waals surface area contributed by atoms with Crippen LogP contribution in [0.2, 0.25) is 0 Å². The molecule has 1 saturated heterocycles. The zero-order chi connectivity index (χ0) is 20.9. The van der Waals surface area contributed by atoms with Crippen molar-refractivity contribution < 1.29 is 14.3 Å². The number of nitrogens with zero attached hydrogens (tertiary/aromatic N) is 3. The first-order chi connectivity index (χ1) is 14.6. The van der Waals surface area contributed by atoms with Crippen molar-refractivity contribution in [1.82, 2.24) is 14.7 Å². The number of aromatic nitrogens is 2. The van der Waals surface area contributed by atoms with Crippen LogP contribution in [0.3, 0.4) is 0 Å². The molecule has 30 heavy (non-hydrogen) atoms. The number of amides is 1. The highest BCUT2D eigenvalue weighted by Crippen LogP contribution is 2.24. The van der Waals surface area contributed by atoms with Crippen molar-refractivity contribution in [1.29, 1.82) is 0 Å². The van der Waals surface area contributed by atoms with E-state index in [1.807, 2.05) is 35.2 Å². The van der Waals surface area contributed by atoms with Crippen molar-refractivity contribution >= 4 is 11.7 Å². The molecule has 1 aliphatic rings. The van der Waals surface area contributed by atoms with Gasteiger partial charge in [0.2, 0.25) is 0 Å². The van der Waals surface area contributed by atoms with E-state index in [-0.39, 0.29) is 17.6 Å². The quantitative estimate of drug-likeness (QED) is 0.589. The van der Waals surface area contributed by atoms with Crippen molar-refractivity contribution in [3.05, 3.63) is 83.7 Å². The summed E-state index contributed by atoms with van der Waals surface area (Å²) < 4.78 is 6.93. The zero-order valence-corrected chi connectivity index (χ0v) is 17.0. The van der Waals surface area contributed by atoms with Crippen LogP contribution in [-0.4, -0.2) is 46.6 Å². The molecular weight excluding hydrogens is 378 g/mol. The second kappa shape index (κ2) is 8.95. The zero-order valence-electron chi connectivity index (χ0n) is 17.0. The highest BCUT2D eigenvalue weighted by molar-refractivity contribution is 5.98. The summed E-state index contributed by atoms with van der Waals surface area (Å²) in [5.74, 6) is 0.799. The third kappa shape index (κ3) is 4.43. The summed E-state index contributed by atoms with van der Waals surface area (Å²) >= 11 is 0. The Balaban J connectivity index is 1.33. The standard InChI is InChI=1S/C24H25N3O3/c1-30-22-9-7-19(8-10-22)23(28)20-11-13-26(14-12-20)24(29)21-15-25-27(17-21)16-18-5-3-2-4-6-18/h2-10,15,17,20H,11-14,16H2,1H3. The number of piperidine rings is 1. The number of hydrogen-bond acceptors (Lipinski definition) is 4. The Kier molecular flexibility index (Phi) is 5.93. The van der Waals surface area contributed by atoms with Crippen LogP contribution in [0.5, 0.6) is 5.75 Å². The minimum absolute atomic E-state index is 0.0235. The van der Waals surface area contributed by atoms with Crippen molar-refractivity contribution in [2.24, 2.45) is 5.92 Å². The number of ether oxygens (including phenoxy) is 1. The number of likely N-dealkylation sites (tertiary alicyclic amines) is 1. The largest absolute Gasteiger partial charge is 0.497 e. The molecule has 1 aromatic heterocycles. The number of Topliss-reactive ketones (excluding diaryl/α,β-unsaturated/α-hetero) is 1. The van der Waals surface area contributed by atoms with E-state index in [0.717, 1.165) is 11.3 Å². The molecule has 0 atom stereocenters. The predicted octanol–water partition coefficient (Wildman–Crippen LogP) is 3.68. The molecule has 0 N–H and O–H groups in total. The lowest BCUT2D eigenvalue weighted by Gasteiger charge is -2.31. The molecule has 3 aromatic rings. The molecule has 1 aliphatic heterocycles. The smallest absolute Gasteiger partial charge is 0.257 e. The molecule has 0 aliphatic carbocycles. The maximum absolute atomic E-state index is 12.9. The summed E-state index contributed by atoms with van der Waals surface area (Å²) in [5.41, 5.74) is 2.42. The van der Waals surface area contributed by atoms with E-state index in [2.05, 4.69) is 5.10 Å². The Morgan fingerprint density at radius 3 is 2.37 bits per heavy atom. The molecule has 4 rings (SSSR count). The van der Waals surface area contributed by atoms with E-state index < -0.39 is 0 Å². The van der Waals surface area contributed by atoms with Gasteiger partial charge in [-0.05, 0) is 42.7 Å². The highest BCUT2D eigenvalue weighted by atomic mass is 16.5. The van der Waals surface area contributed by atoms with Gasteiger partial charge in [0.15, 0.2) is 5.78 Å². The number of benzene rings is 2. The highest BCUT2D eigenvalue weighted by Gasteiger charge is 2.28. The van der Waals surface area contributed by atoms with Crippen LogP contribution in [-0.2, 0) is 6.54 Å². The lowest BCUT2D eigenvalue weighted by Crippen LogP contribution is -2.40. The number of methoxy groups -OCH3 is 1. The molecule has 0 spiro atoms. The molecule has 2 aromatic carbocycles. The molecule has 0 unspecified atom stereocenters. The second-order valence-corrected chi connectivity index (χ2v) is 7.57. The first-order valence-electron chi connectivity index (χ1n) is 10.2. The minimum atomic E-state index is -0.0525. The van der Waals surface area contributed by atoms with Crippen molar-refractivity contribution in [3.8, 4) is 5.75 Å². The molecule has 2 heterocycles. The molecule has 1 amide bonds. The van der Waals surface area contributed by atoms with Crippen LogP contribution in [0, 0.1) is 5.92 Å². The first-order valence-corrected chi connectivity index (χ1v) is 10.2. The number of rotatable bonds is 6. The molecular formula is C24H25N3O3. The summed E-state index contributed by atoms with van der Waals surface area (Å²) in [7, 11) is 1.61. The predicted molar refractivity (Wildman–Crippen MR) is 114 cm³/mol. The molecule has 154 valence electrons.